The summed E-state index contributed by atoms with van der Waals surface area (Å²) in [4.78, 5) is 14.2. The van der Waals surface area contributed by atoms with Gasteiger partial charge in [-0.2, -0.15) is 0 Å². The fourth-order valence-electron chi connectivity index (χ4n) is 3.09. The quantitative estimate of drug-likeness (QED) is 0.809. The maximum atomic E-state index is 12.2. The maximum absolute atomic E-state index is 12.2. The molecule has 18 heavy (non-hydrogen) atoms. The molecule has 1 saturated carbocycles. The second-order valence-corrected chi connectivity index (χ2v) is 5.38. The van der Waals surface area contributed by atoms with Gasteiger partial charge in [-0.05, 0) is 45.7 Å². The zero-order chi connectivity index (χ0) is 12.8. The number of carbonyl (C=O) groups excluding carboxylic acids is 1. The third-order valence-electron chi connectivity index (χ3n) is 4.16. The number of amides is 1. The second-order valence-electron chi connectivity index (χ2n) is 5.38. The van der Waals surface area contributed by atoms with E-state index in [4.69, 9.17) is 4.74 Å². The van der Waals surface area contributed by atoms with Crippen LogP contribution in [0.2, 0.25) is 0 Å². The lowest BCUT2D eigenvalue weighted by atomic mass is 10.1. The third-order valence-corrected chi connectivity index (χ3v) is 4.16. The van der Waals surface area contributed by atoms with Crippen molar-refractivity contribution in [2.24, 2.45) is 0 Å². The lowest BCUT2D eigenvalue weighted by Crippen LogP contribution is -2.42. The first kappa shape index (κ1) is 13.8. The monoisotopic (exact) mass is 254 g/mol. The first-order chi connectivity index (χ1) is 8.81. The van der Waals surface area contributed by atoms with Crippen molar-refractivity contribution in [1.29, 1.82) is 0 Å². The second kappa shape index (κ2) is 7.10. The van der Waals surface area contributed by atoms with Gasteiger partial charge in [0.1, 0.15) is 6.61 Å². The molecule has 104 valence electrons. The van der Waals surface area contributed by atoms with Gasteiger partial charge in [0.15, 0.2) is 0 Å². The minimum atomic E-state index is 0.183. The summed E-state index contributed by atoms with van der Waals surface area (Å²) in [6.45, 7) is 5.19. The predicted molar refractivity (Wildman–Crippen MR) is 71.5 cm³/mol. The SMILES string of the molecule is CCN(C(=O)COC1CCNCC1)C1CCCC1. The van der Waals surface area contributed by atoms with Gasteiger partial charge in [0.25, 0.3) is 0 Å². The van der Waals surface area contributed by atoms with Gasteiger partial charge < -0.3 is 15.0 Å². The van der Waals surface area contributed by atoms with Crippen molar-refractivity contribution >= 4 is 5.91 Å². The van der Waals surface area contributed by atoms with Crippen molar-refractivity contribution in [3.05, 3.63) is 0 Å². The molecule has 0 unspecified atom stereocenters. The molecule has 0 bridgehead atoms. The molecule has 0 spiro atoms. The number of nitrogens with one attached hydrogen (secondary N) is 1. The highest BCUT2D eigenvalue weighted by Gasteiger charge is 2.26. The molecule has 4 nitrogen and oxygen atoms in total. The van der Waals surface area contributed by atoms with Gasteiger partial charge in [0.2, 0.25) is 5.91 Å². The average Bonchev–Trinajstić information content (AvgIpc) is 2.92. The van der Waals surface area contributed by atoms with Crippen molar-refractivity contribution in [3.8, 4) is 0 Å². The normalized spacial score (nSPS) is 22.3. The summed E-state index contributed by atoms with van der Waals surface area (Å²) in [7, 11) is 0. The summed E-state index contributed by atoms with van der Waals surface area (Å²) < 4.78 is 5.76. The zero-order valence-electron chi connectivity index (χ0n) is 11.5. The maximum Gasteiger partial charge on any atom is 0.248 e. The summed E-state index contributed by atoms with van der Waals surface area (Å²) in [5, 5.41) is 3.31. The van der Waals surface area contributed by atoms with Gasteiger partial charge in [-0.25, -0.2) is 0 Å². The molecule has 2 fully saturated rings. The molecule has 2 rings (SSSR count). The van der Waals surface area contributed by atoms with Crippen molar-refractivity contribution in [2.75, 3.05) is 26.2 Å². The summed E-state index contributed by atoms with van der Waals surface area (Å²) in [5.41, 5.74) is 0. The van der Waals surface area contributed by atoms with Crippen LogP contribution in [0, 0.1) is 0 Å². The van der Waals surface area contributed by atoms with Crippen LogP contribution in [-0.4, -0.2) is 49.2 Å². The Kier molecular flexibility index (Phi) is 5.45. The Morgan fingerprint density at radius 1 is 1.22 bits per heavy atom. The Balaban J connectivity index is 1.74. The number of nitrogens with zero attached hydrogens (tertiary/aromatic N) is 1. The van der Waals surface area contributed by atoms with Crippen LogP contribution in [0.3, 0.4) is 0 Å². The van der Waals surface area contributed by atoms with Gasteiger partial charge in [-0.3, -0.25) is 4.79 Å². The molecule has 0 aromatic carbocycles. The minimum Gasteiger partial charge on any atom is -0.368 e. The van der Waals surface area contributed by atoms with Crippen molar-refractivity contribution < 1.29 is 9.53 Å². The smallest absolute Gasteiger partial charge is 0.248 e. The summed E-state index contributed by atoms with van der Waals surface area (Å²) in [6, 6.07) is 0.471. The van der Waals surface area contributed by atoms with Gasteiger partial charge in [0, 0.05) is 12.6 Å². The van der Waals surface area contributed by atoms with Gasteiger partial charge >= 0.3 is 0 Å². The van der Waals surface area contributed by atoms with Crippen LogP contribution in [0.5, 0.6) is 0 Å². The van der Waals surface area contributed by atoms with E-state index in [0.29, 0.717) is 6.04 Å². The van der Waals surface area contributed by atoms with Gasteiger partial charge in [0.05, 0.1) is 6.10 Å². The lowest BCUT2D eigenvalue weighted by Gasteiger charge is -2.29. The predicted octanol–water partition coefficient (Wildman–Crippen LogP) is 1.55. The number of hydrogen-bond acceptors (Lipinski definition) is 3. The molecular weight excluding hydrogens is 228 g/mol. The number of ether oxygens (including phenoxy) is 1. The van der Waals surface area contributed by atoms with E-state index in [1.165, 1.54) is 25.7 Å². The molecule has 1 amide bonds. The standard InChI is InChI=1S/C14H26N2O2/c1-2-16(12-5-3-4-6-12)14(17)11-18-13-7-9-15-10-8-13/h12-13,15H,2-11H2,1H3. The van der Waals surface area contributed by atoms with E-state index < -0.39 is 0 Å². The average molecular weight is 254 g/mol. The van der Waals surface area contributed by atoms with E-state index in [0.717, 1.165) is 32.5 Å². The third kappa shape index (κ3) is 3.69. The Hall–Kier alpha value is -0.610. The molecule has 1 aliphatic carbocycles. The van der Waals surface area contributed by atoms with E-state index in [2.05, 4.69) is 12.2 Å². The molecule has 2 aliphatic rings. The Morgan fingerprint density at radius 3 is 2.50 bits per heavy atom. The number of likely N-dealkylation sites (N-methyl/N-ethyl adjacent to an activating group) is 1. The molecular formula is C14H26N2O2. The summed E-state index contributed by atoms with van der Waals surface area (Å²) in [6.07, 6.45) is 7.22. The van der Waals surface area contributed by atoms with E-state index in [-0.39, 0.29) is 18.6 Å². The molecule has 0 atom stereocenters. The topological polar surface area (TPSA) is 41.6 Å². The van der Waals surface area contributed by atoms with Crippen LogP contribution in [0.1, 0.15) is 45.4 Å². The van der Waals surface area contributed by atoms with Crippen LogP contribution in [0.15, 0.2) is 0 Å². The fraction of sp³-hybridized carbons (Fsp3) is 0.929. The molecule has 1 aliphatic heterocycles. The fourth-order valence-corrected chi connectivity index (χ4v) is 3.09. The van der Waals surface area contributed by atoms with Crippen molar-refractivity contribution in [2.45, 2.75) is 57.6 Å². The van der Waals surface area contributed by atoms with Gasteiger partial charge in [-0.1, -0.05) is 12.8 Å². The zero-order valence-corrected chi connectivity index (χ0v) is 11.5. The van der Waals surface area contributed by atoms with Crippen LogP contribution in [0.25, 0.3) is 0 Å². The number of hydrogen-bond donors (Lipinski definition) is 1. The number of rotatable bonds is 5. The molecule has 1 heterocycles. The highest BCUT2D eigenvalue weighted by atomic mass is 16.5. The van der Waals surface area contributed by atoms with E-state index in [1.54, 1.807) is 0 Å². The van der Waals surface area contributed by atoms with Gasteiger partial charge in [-0.15, -0.1) is 0 Å². The van der Waals surface area contributed by atoms with E-state index in [1.807, 2.05) is 4.90 Å². The van der Waals surface area contributed by atoms with Crippen LogP contribution in [0.4, 0.5) is 0 Å². The van der Waals surface area contributed by atoms with Crippen molar-refractivity contribution in [3.63, 3.8) is 0 Å². The summed E-state index contributed by atoms with van der Waals surface area (Å²) in [5.74, 6) is 0.183. The molecule has 0 radical (unpaired) electrons. The molecule has 1 saturated heterocycles. The molecule has 0 aromatic heterocycles. The van der Waals surface area contributed by atoms with Crippen LogP contribution < -0.4 is 5.32 Å². The highest BCUT2D eigenvalue weighted by molar-refractivity contribution is 5.77. The molecule has 4 heteroatoms. The molecule has 0 aromatic rings. The minimum absolute atomic E-state index is 0.183. The Morgan fingerprint density at radius 2 is 1.89 bits per heavy atom. The van der Waals surface area contributed by atoms with Crippen LogP contribution in [-0.2, 0) is 9.53 Å². The first-order valence-electron chi connectivity index (χ1n) is 7.43. The summed E-state index contributed by atoms with van der Waals surface area (Å²) >= 11 is 0. The highest BCUT2D eigenvalue weighted by Crippen LogP contribution is 2.23. The Bertz CT molecular complexity index is 259. The Labute approximate surface area is 110 Å². The lowest BCUT2D eigenvalue weighted by molar-refractivity contribution is -0.140. The van der Waals surface area contributed by atoms with E-state index >= 15 is 0 Å². The van der Waals surface area contributed by atoms with Crippen molar-refractivity contribution in [1.82, 2.24) is 10.2 Å². The number of piperidine rings is 1. The first-order valence-corrected chi connectivity index (χ1v) is 7.43. The molecule has 1 N–H and O–H groups in total. The van der Waals surface area contributed by atoms with E-state index in [9.17, 15) is 4.79 Å². The van der Waals surface area contributed by atoms with Crippen LogP contribution >= 0.6 is 0 Å². The largest absolute Gasteiger partial charge is 0.368 e. The number of carbonyl (C=O) groups is 1.